The number of carboxylic acids is 1. The fraction of sp³-hybridized carbons (Fsp3) is 0.889. The van der Waals surface area contributed by atoms with Crippen molar-refractivity contribution < 1.29 is 19.4 Å². The summed E-state index contributed by atoms with van der Waals surface area (Å²) in [5.74, 6) is -0.0718. The van der Waals surface area contributed by atoms with Crippen molar-refractivity contribution in [2.45, 2.75) is 31.1 Å². The lowest BCUT2D eigenvalue weighted by Gasteiger charge is -2.25. The average Bonchev–Trinajstić information content (AvgIpc) is 2.16. The van der Waals surface area contributed by atoms with E-state index in [1.165, 1.54) is 11.8 Å². The molecule has 0 aliphatic carbocycles. The Balaban J connectivity index is 2.28. The van der Waals surface area contributed by atoms with Gasteiger partial charge in [0.15, 0.2) is 0 Å². The fourth-order valence-electron chi connectivity index (χ4n) is 0.996. The predicted octanol–water partition coefficient (Wildman–Crippen LogP) is 1.35. The first kappa shape index (κ1) is 11.8. The Hall–Kier alpha value is -0.260. The van der Waals surface area contributed by atoms with Gasteiger partial charge in [0.25, 0.3) is 0 Å². The summed E-state index contributed by atoms with van der Waals surface area (Å²) in [7, 11) is 0. The molecule has 4 nitrogen and oxygen atoms in total. The second-order valence-electron chi connectivity index (χ2n) is 3.73. The minimum atomic E-state index is -0.783. The quantitative estimate of drug-likeness (QED) is 0.775. The number of aliphatic carboxylic acids is 1. The first-order chi connectivity index (χ1) is 6.52. The van der Waals surface area contributed by atoms with E-state index in [1.54, 1.807) is 13.8 Å². The summed E-state index contributed by atoms with van der Waals surface area (Å²) < 4.78 is 9.61. The molecule has 0 aromatic rings. The highest BCUT2D eigenvalue weighted by molar-refractivity contribution is 8.01. The average molecular weight is 220 g/mol. The van der Waals surface area contributed by atoms with Gasteiger partial charge < -0.3 is 14.6 Å². The third-order valence-corrected chi connectivity index (χ3v) is 3.55. The summed E-state index contributed by atoms with van der Waals surface area (Å²) in [5, 5.41) is 8.88. The molecule has 82 valence electrons. The van der Waals surface area contributed by atoms with Crippen molar-refractivity contribution in [1.29, 1.82) is 0 Å². The van der Waals surface area contributed by atoms with Crippen LogP contribution in [0.2, 0.25) is 0 Å². The van der Waals surface area contributed by atoms with Gasteiger partial charge in [-0.15, -0.1) is 11.8 Å². The summed E-state index contributed by atoms with van der Waals surface area (Å²) in [5.41, 5.74) is 0. The van der Waals surface area contributed by atoms with E-state index in [0.29, 0.717) is 19.2 Å². The Labute approximate surface area is 88.0 Å². The minimum absolute atomic E-state index is 0.132. The molecule has 0 spiro atoms. The first-order valence-corrected chi connectivity index (χ1v) is 5.57. The maximum atomic E-state index is 10.8. The Bertz CT molecular complexity index is 199. The third kappa shape index (κ3) is 3.48. The Morgan fingerprint density at radius 3 is 2.86 bits per heavy atom. The van der Waals surface area contributed by atoms with Crippen LogP contribution in [0.4, 0.5) is 0 Å². The van der Waals surface area contributed by atoms with Gasteiger partial charge in [-0.25, -0.2) is 0 Å². The van der Waals surface area contributed by atoms with Crippen molar-refractivity contribution in [3.63, 3.8) is 0 Å². The van der Waals surface area contributed by atoms with Crippen LogP contribution in [0.5, 0.6) is 0 Å². The zero-order valence-corrected chi connectivity index (χ0v) is 9.30. The lowest BCUT2D eigenvalue weighted by atomic mass is 10.2. The van der Waals surface area contributed by atoms with E-state index in [2.05, 4.69) is 0 Å². The minimum Gasteiger partial charge on any atom is -0.480 e. The van der Waals surface area contributed by atoms with Crippen molar-refractivity contribution in [2.75, 3.05) is 19.2 Å². The van der Waals surface area contributed by atoms with E-state index >= 15 is 0 Å². The summed E-state index contributed by atoms with van der Waals surface area (Å²) in [6, 6.07) is 0. The van der Waals surface area contributed by atoms with E-state index in [4.69, 9.17) is 14.6 Å². The van der Waals surface area contributed by atoms with Gasteiger partial charge in [-0.1, -0.05) is 0 Å². The number of thioether (sulfide) groups is 1. The van der Waals surface area contributed by atoms with Crippen LogP contribution >= 0.6 is 11.8 Å². The van der Waals surface area contributed by atoms with Gasteiger partial charge in [0.2, 0.25) is 0 Å². The maximum Gasteiger partial charge on any atom is 0.319 e. The molecule has 1 saturated heterocycles. The Morgan fingerprint density at radius 2 is 2.36 bits per heavy atom. The number of ether oxygens (including phenoxy) is 2. The van der Waals surface area contributed by atoms with Gasteiger partial charge in [0.1, 0.15) is 11.5 Å². The van der Waals surface area contributed by atoms with Crippen molar-refractivity contribution in [1.82, 2.24) is 0 Å². The van der Waals surface area contributed by atoms with Crippen LogP contribution in [0, 0.1) is 0 Å². The molecule has 0 bridgehead atoms. The molecule has 0 aromatic heterocycles. The van der Waals surface area contributed by atoms with Crippen molar-refractivity contribution >= 4 is 17.7 Å². The van der Waals surface area contributed by atoms with E-state index < -0.39 is 10.7 Å². The molecule has 1 aliphatic rings. The van der Waals surface area contributed by atoms with Gasteiger partial charge in [0, 0.05) is 5.75 Å². The topological polar surface area (TPSA) is 55.8 Å². The van der Waals surface area contributed by atoms with Gasteiger partial charge in [-0.05, 0) is 20.3 Å². The molecule has 5 heteroatoms. The number of carbonyl (C=O) groups is 1. The van der Waals surface area contributed by atoms with Gasteiger partial charge in [-0.3, -0.25) is 4.79 Å². The molecule has 0 radical (unpaired) electrons. The molecule has 0 aromatic carbocycles. The Kier molecular flexibility index (Phi) is 4.22. The van der Waals surface area contributed by atoms with Crippen LogP contribution in [0.25, 0.3) is 0 Å². The highest BCUT2D eigenvalue weighted by Gasteiger charge is 2.29. The van der Waals surface area contributed by atoms with Gasteiger partial charge in [-0.2, -0.15) is 0 Å². The highest BCUT2D eigenvalue weighted by atomic mass is 32.2. The molecule has 0 saturated carbocycles. The van der Waals surface area contributed by atoms with E-state index in [1.807, 2.05) is 0 Å². The summed E-state index contributed by atoms with van der Waals surface area (Å²) in [6.07, 6.45) is 0.982. The summed E-state index contributed by atoms with van der Waals surface area (Å²) in [6.45, 7) is 4.45. The standard InChI is InChI=1S/C9H16O4S/c1-9(2,8(10)11)14-5-7-3-4-12-6-13-7/h7H,3-6H2,1-2H3,(H,10,11). The summed E-state index contributed by atoms with van der Waals surface area (Å²) in [4.78, 5) is 10.8. The number of hydrogen-bond acceptors (Lipinski definition) is 4. The second kappa shape index (κ2) is 5.00. The second-order valence-corrected chi connectivity index (χ2v) is 5.37. The highest BCUT2D eigenvalue weighted by Crippen LogP contribution is 2.27. The van der Waals surface area contributed by atoms with Crippen molar-refractivity contribution in [2.24, 2.45) is 0 Å². The molecule has 1 heterocycles. The molecule has 1 N–H and O–H groups in total. The van der Waals surface area contributed by atoms with Crippen LogP contribution < -0.4 is 0 Å². The predicted molar refractivity (Wildman–Crippen MR) is 54.5 cm³/mol. The molecule has 1 atom stereocenters. The molecule has 14 heavy (non-hydrogen) atoms. The molecule has 1 unspecified atom stereocenters. The lowest BCUT2D eigenvalue weighted by Crippen LogP contribution is -2.32. The summed E-state index contributed by atoms with van der Waals surface area (Å²) >= 11 is 1.41. The fourth-order valence-corrected chi connectivity index (χ4v) is 1.98. The normalized spacial score (nSPS) is 23.4. The van der Waals surface area contributed by atoms with E-state index in [9.17, 15) is 4.79 Å². The lowest BCUT2D eigenvalue weighted by molar-refractivity contribution is -0.139. The van der Waals surface area contributed by atoms with Crippen LogP contribution in [0.1, 0.15) is 20.3 Å². The SMILES string of the molecule is CC(C)(SCC1CCOCO1)C(=O)O. The molecular formula is C9H16O4S. The molecule has 1 aliphatic heterocycles. The van der Waals surface area contributed by atoms with Gasteiger partial charge in [0.05, 0.1) is 12.7 Å². The monoisotopic (exact) mass is 220 g/mol. The van der Waals surface area contributed by atoms with E-state index in [0.717, 1.165) is 6.42 Å². The molecule has 1 rings (SSSR count). The van der Waals surface area contributed by atoms with Crippen LogP contribution in [0.15, 0.2) is 0 Å². The zero-order valence-electron chi connectivity index (χ0n) is 8.49. The van der Waals surface area contributed by atoms with Gasteiger partial charge >= 0.3 is 5.97 Å². The number of hydrogen-bond donors (Lipinski definition) is 1. The molecule has 0 amide bonds. The molecule has 1 fully saturated rings. The Morgan fingerprint density at radius 1 is 1.64 bits per heavy atom. The molecular weight excluding hydrogens is 204 g/mol. The zero-order chi connectivity index (χ0) is 10.6. The largest absolute Gasteiger partial charge is 0.480 e. The van der Waals surface area contributed by atoms with E-state index in [-0.39, 0.29) is 6.10 Å². The number of rotatable bonds is 4. The van der Waals surface area contributed by atoms with Crippen LogP contribution in [0.3, 0.4) is 0 Å². The smallest absolute Gasteiger partial charge is 0.319 e. The first-order valence-electron chi connectivity index (χ1n) is 4.59. The van der Waals surface area contributed by atoms with Crippen molar-refractivity contribution in [3.8, 4) is 0 Å². The maximum absolute atomic E-state index is 10.8. The van der Waals surface area contributed by atoms with Crippen LogP contribution in [-0.2, 0) is 14.3 Å². The van der Waals surface area contributed by atoms with Crippen LogP contribution in [-0.4, -0.2) is 41.1 Å². The van der Waals surface area contributed by atoms with Crippen molar-refractivity contribution in [3.05, 3.63) is 0 Å². The number of carboxylic acid groups (broad SMARTS) is 1. The third-order valence-electron chi connectivity index (χ3n) is 2.12.